The molecule has 1 fully saturated rings. The van der Waals surface area contributed by atoms with Crippen molar-refractivity contribution in [2.45, 2.75) is 51.2 Å². The highest BCUT2D eigenvalue weighted by Crippen LogP contribution is 2.40. The summed E-state index contributed by atoms with van der Waals surface area (Å²) in [6.07, 6.45) is 2.52. The first kappa shape index (κ1) is 13.4. The molecule has 0 atom stereocenters. The van der Waals surface area contributed by atoms with Crippen LogP contribution in [0.2, 0.25) is 0 Å². The molecule has 1 aliphatic rings. The zero-order valence-corrected chi connectivity index (χ0v) is 12.7. The van der Waals surface area contributed by atoms with Gasteiger partial charge >= 0.3 is 0 Å². The Morgan fingerprint density at radius 3 is 2.60 bits per heavy atom. The summed E-state index contributed by atoms with van der Waals surface area (Å²) < 4.78 is 7.81. The molecule has 1 heterocycles. The van der Waals surface area contributed by atoms with Gasteiger partial charge in [-0.3, -0.25) is 0 Å². The summed E-state index contributed by atoms with van der Waals surface area (Å²) in [6, 6.07) is 6.50. The predicted octanol–water partition coefficient (Wildman–Crippen LogP) is 3.27. The molecular formula is C16H23N3O. The van der Waals surface area contributed by atoms with E-state index in [0.29, 0.717) is 12.1 Å². The summed E-state index contributed by atoms with van der Waals surface area (Å²) >= 11 is 0. The molecule has 2 N–H and O–H groups in total. The molecular weight excluding hydrogens is 250 g/mol. The molecule has 1 saturated carbocycles. The van der Waals surface area contributed by atoms with E-state index in [2.05, 4.69) is 31.4 Å². The van der Waals surface area contributed by atoms with Crippen molar-refractivity contribution in [1.29, 1.82) is 0 Å². The average molecular weight is 273 g/mol. The quantitative estimate of drug-likeness (QED) is 0.854. The minimum absolute atomic E-state index is 0.0198. The Morgan fingerprint density at radius 2 is 2.00 bits per heavy atom. The number of hydrogen-bond acceptors (Lipinski definition) is 3. The molecule has 3 rings (SSSR count). The molecule has 0 spiro atoms. The van der Waals surface area contributed by atoms with E-state index in [9.17, 15) is 0 Å². The molecule has 108 valence electrons. The van der Waals surface area contributed by atoms with Gasteiger partial charge in [0.15, 0.2) is 0 Å². The first-order valence-corrected chi connectivity index (χ1v) is 7.21. The molecule has 20 heavy (non-hydrogen) atoms. The third-order valence-corrected chi connectivity index (χ3v) is 4.15. The molecule has 0 saturated heterocycles. The van der Waals surface area contributed by atoms with Crippen LogP contribution in [0, 0.1) is 0 Å². The standard InChI is InChI=1S/C16H23N3O/c1-16(2,3)15-18-13-7-10(17)5-6-14(13)19(15)11-8-12(9-11)20-4/h5-7,11-12H,8-9,17H2,1-4H3. The number of anilines is 1. The lowest BCUT2D eigenvalue weighted by Crippen LogP contribution is -2.35. The lowest BCUT2D eigenvalue weighted by molar-refractivity contribution is 0.00590. The number of hydrogen-bond donors (Lipinski definition) is 1. The van der Waals surface area contributed by atoms with Gasteiger partial charge in [-0.2, -0.15) is 0 Å². The number of aromatic nitrogens is 2. The Hall–Kier alpha value is -1.55. The Bertz CT molecular complexity index is 633. The van der Waals surface area contributed by atoms with Crippen LogP contribution in [-0.4, -0.2) is 22.8 Å². The summed E-state index contributed by atoms with van der Waals surface area (Å²) in [4.78, 5) is 4.84. The number of methoxy groups -OCH3 is 1. The molecule has 0 amide bonds. The van der Waals surface area contributed by atoms with Gasteiger partial charge in [0.1, 0.15) is 5.82 Å². The van der Waals surface area contributed by atoms with E-state index in [0.717, 1.165) is 29.9 Å². The maximum absolute atomic E-state index is 5.89. The molecule has 4 heteroatoms. The lowest BCUT2D eigenvalue weighted by atomic mass is 9.87. The van der Waals surface area contributed by atoms with Gasteiger partial charge in [0.2, 0.25) is 0 Å². The van der Waals surface area contributed by atoms with Gasteiger partial charge in [-0.1, -0.05) is 20.8 Å². The fourth-order valence-corrected chi connectivity index (χ4v) is 2.96. The van der Waals surface area contributed by atoms with Crippen molar-refractivity contribution in [2.75, 3.05) is 12.8 Å². The summed E-state index contributed by atoms with van der Waals surface area (Å²) in [5.41, 5.74) is 8.86. The van der Waals surface area contributed by atoms with Crippen molar-refractivity contribution in [3.8, 4) is 0 Å². The minimum Gasteiger partial charge on any atom is -0.399 e. The second-order valence-corrected chi connectivity index (χ2v) is 6.79. The third-order valence-electron chi connectivity index (χ3n) is 4.15. The van der Waals surface area contributed by atoms with Gasteiger partial charge in [0.05, 0.1) is 17.1 Å². The Labute approximate surface area is 119 Å². The fraction of sp³-hybridized carbons (Fsp3) is 0.562. The van der Waals surface area contributed by atoms with Crippen LogP contribution in [0.5, 0.6) is 0 Å². The van der Waals surface area contributed by atoms with E-state index in [-0.39, 0.29) is 5.41 Å². The predicted molar refractivity (Wildman–Crippen MR) is 81.9 cm³/mol. The highest BCUT2D eigenvalue weighted by atomic mass is 16.5. The summed E-state index contributed by atoms with van der Waals surface area (Å²) in [5.74, 6) is 1.14. The van der Waals surface area contributed by atoms with Crippen LogP contribution in [0.15, 0.2) is 18.2 Å². The molecule has 4 nitrogen and oxygen atoms in total. The van der Waals surface area contributed by atoms with Gasteiger partial charge in [-0.25, -0.2) is 4.98 Å². The maximum Gasteiger partial charge on any atom is 0.115 e. The van der Waals surface area contributed by atoms with Crippen molar-refractivity contribution in [3.63, 3.8) is 0 Å². The molecule has 1 aromatic carbocycles. The van der Waals surface area contributed by atoms with Crippen LogP contribution in [0.3, 0.4) is 0 Å². The molecule has 0 aliphatic heterocycles. The monoisotopic (exact) mass is 273 g/mol. The normalized spacial score (nSPS) is 23.0. The minimum atomic E-state index is 0.0198. The molecule has 1 aromatic heterocycles. The van der Waals surface area contributed by atoms with Gasteiger partial charge in [0.25, 0.3) is 0 Å². The van der Waals surface area contributed by atoms with E-state index in [1.165, 1.54) is 5.52 Å². The summed E-state index contributed by atoms with van der Waals surface area (Å²) in [7, 11) is 1.79. The van der Waals surface area contributed by atoms with Crippen LogP contribution >= 0.6 is 0 Å². The third kappa shape index (κ3) is 2.08. The number of ether oxygens (including phenoxy) is 1. The molecule has 2 aromatic rings. The fourth-order valence-electron chi connectivity index (χ4n) is 2.96. The topological polar surface area (TPSA) is 53.1 Å². The Balaban J connectivity index is 2.12. The number of benzene rings is 1. The highest BCUT2D eigenvalue weighted by molar-refractivity contribution is 5.80. The number of imidazole rings is 1. The second-order valence-electron chi connectivity index (χ2n) is 6.79. The number of nitrogens with zero attached hydrogens (tertiary/aromatic N) is 2. The van der Waals surface area contributed by atoms with E-state index in [1.807, 2.05) is 12.1 Å². The van der Waals surface area contributed by atoms with E-state index >= 15 is 0 Å². The van der Waals surface area contributed by atoms with Crippen LogP contribution in [0.25, 0.3) is 11.0 Å². The van der Waals surface area contributed by atoms with E-state index in [4.69, 9.17) is 15.5 Å². The van der Waals surface area contributed by atoms with Gasteiger partial charge < -0.3 is 15.0 Å². The van der Waals surface area contributed by atoms with Crippen molar-refractivity contribution in [2.24, 2.45) is 0 Å². The van der Waals surface area contributed by atoms with Crippen LogP contribution in [0.4, 0.5) is 5.69 Å². The van der Waals surface area contributed by atoms with Crippen LogP contribution in [0.1, 0.15) is 45.5 Å². The second kappa shape index (κ2) is 4.48. The maximum atomic E-state index is 5.89. The zero-order valence-electron chi connectivity index (χ0n) is 12.7. The summed E-state index contributed by atoms with van der Waals surface area (Å²) in [5, 5.41) is 0. The Kier molecular flexibility index (Phi) is 3.01. The van der Waals surface area contributed by atoms with Crippen molar-refractivity contribution in [3.05, 3.63) is 24.0 Å². The van der Waals surface area contributed by atoms with Crippen LogP contribution in [-0.2, 0) is 10.2 Å². The van der Waals surface area contributed by atoms with Gasteiger partial charge in [-0.05, 0) is 31.0 Å². The lowest BCUT2D eigenvalue weighted by Gasteiger charge is -2.37. The zero-order chi connectivity index (χ0) is 14.5. The smallest absolute Gasteiger partial charge is 0.115 e. The number of fused-ring (bicyclic) bond motifs is 1. The summed E-state index contributed by atoms with van der Waals surface area (Å²) in [6.45, 7) is 6.63. The Morgan fingerprint density at radius 1 is 1.30 bits per heavy atom. The molecule has 1 aliphatic carbocycles. The molecule has 0 radical (unpaired) electrons. The largest absolute Gasteiger partial charge is 0.399 e. The molecule has 0 bridgehead atoms. The number of nitrogen functional groups attached to an aromatic ring is 1. The first-order chi connectivity index (χ1) is 9.40. The highest BCUT2D eigenvalue weighted by Gasteiger charge is 2.35. The SMILES string of the molecule is COC1CC(n2c(C(C)(C)C)nc3cc(N)ccc32)C1. The van der Waals surface area contributed by atoms with Crippen LogP contribution < -0.4 is 5.73 Å². The number of rotatable bonds is 2. The van der Waals surface area contributed by atoms with E-state index < -0.39 is 0 Å². The first-order valence-electron chi connectivity index (χ1n) is 7.21. The van der Waals surface area contributed by atoms with Crippen molar-refractivity contribution in [1.82, 2.24) is 9.55 Å². The van der Waals surface area contributed by atoms with Gasteiger partial charge in [0, 0.05) is 24.3 Å². The average Bonchev–Trinajstić information content (AvgIpc) is 2.66. The van der Waals surface area contributed by atoms with Gasteiger partial charge in [-0.15, -0.1) is 0 Å². The van der Waals surface area contributed by atoms with E-state index in [1.54, 1.807) is 7.11 Å². The number of nitrogens with two attached hydrogens (primary N) is 1. The van der Waals surface area contributed by atoms with Crippen molar-refractivity contribution < 1.29 is 4.74 Å². The molecule has 0 unspecified atom stereocenters. The van der Waals surface area contributed by atoms with Crippen molar-refractivity contribution >= 4 is 16.7 Å².